The lowest BCUT2D eigenvalue weighted by Crippen LogP contribution is -2.36. The molecule has 2 rings (SSSR count). The zero-order chi connectivity index (χ0) is 11.2. The standard InChI is InChI=1S/C12H19N3O/c1-2-3-11-4-5-13-12(14-11)10-15-6-8-16-9-7-15/h4-5H,2-3,6-10H2,1H3. The van der Waals surface area contributed by atoms with Crippen LogP contribution >= 0.6 is 0 Å². The maximum atomic E-state index is 5.32. The molecule has 0 radical (unpaired) electrons. The average molecular weight is 221 g/mol. The SMILES string of the molecule is CCCc1ccnc(CN2CCOCC2)n1. The summed E-state index contributed by atoms with van der Waals surface area (Å²) in [6.45, 7) is 6.65. The van der Waals surface area contributed by atoms with Crippen molar-refractivity contribution in [2.75, 3.05) is 26.3 Å². The third kappa shape index (κ3) is 3.25. The van der Waals surface area contributed by atoms with Gasteiger partial charge < -0.3 is 4.74 Å². The van der Waals surface area contributed by atoms with Crippen LogP contribution in [0.1, 0.15) is 24.9 Å². The van der Waals surface area contributed by atoms with E-state index in [1.807, 2.05) is 12.3 Å². The molecule has 0 saturated carbocycles. The minimum Gasteiger partial charge on any atom is -0.379 e. The van der Waals surface area contributed by atoms with Crippen molar-refractivity contribution in [3.05, 3.63) is 23.8 Å². The van der Waals surface area contributed by atoms with Gasteiger partial charge in [0.15, 0.2) is 0 Å². The molecule has 0 bridgehead atoms. The number of aryl methyl sites for hydroxylation is 1. The fraction of sp³-hybridized carbons (Fsp3) is 0.667. The summed E-state index contributed by atoms with van der Waals surface area (Å²) in [4.78, 5) is 11.2. The van der Waals surface area contributed by atoms with Crippen LogP contribution in [0.5, 0.6) is 0 Å². The summed E-state index contributed by atoms with van der Waals surface area (Å²) in [5.41, 5.74) is 1.15. The van der Waals surface area contributed by atoms with E-state index in [0.717, 1.165) is 57.2 Å². The second-order valence-electron chi connectivity index (χ2n) is 4.10. The van der Waals surface area contributed by atoms with E-state index in [2.05, 4.69) is 21.8 Å². The van der Waals surface area contributed by atoms with Gasteiger partial charge in [0.2, 0.25) is 0 Å². The number of hydrogen-bond donors (Lipinski definition) is 0. The number of hydrogen-bond acceptors (Lipinski definition) is 4. The number of rotatable bonds is 4. The van der Waals surface area contributed by atoms with Crippen molar-refractivity contribution in [1.82, 2.24) is 14.9 Å². The van der Waals surface area contributed by atoms with Crippen molar-refractivity contribution in [3.63, 3.8) is 0 Å². The highest BCUT2D eigenvalue weighted by Gasteiger charge is 2.11. The lowest BCUT2D eigenvalue weighted by atomic mass is 10.2. The zero-order valence-electron chi connectivity index (χ0n) is 9.85. The third-order valence-corrected chi connectivity index (χ3v) is 2.74. The summed E-state index contributed by atoms with van der Waals surface area (Å²) in [5.74, 6) is 0.938. The van der Waals surface area contributed by atoms with Gasteiger partial charge >= 0.3 is 0 Å². The van der Waals surface area contributed by atoms with Crippen LogP contribution in [-0.4, -0.2) is 41.2 Å². The molecule has 88 valence electrons. The van der Waals surface area contributed by atoms with Gasteiger partial charge in [0.1, 0.15) is 5.82 Å². The Hall–Kier alpha value is -1.00. The normalized spacial score (nSPS) is 17.6. The molecule has 1 aliphatic rings. The average Bonchev–Trinajstić information content (AvgIpc) is 2.31. The fourth-order valence-corrected chi connectivity index (χ4v) is 1.87. The van der Waals surface area contributed by atoms with Gasteiger partial charge in [0, 0.05) is 25.0 Å². The minimum atomic E-state index is 0.828. The predicted molar refractivity (Wildman–Crippen MR) is 62.1 cm³/mol. The molecule has 0 aliphatic carbocycles. The Morgan fingerprint density at radius 1 is 1.38 bits per heavy atom. The Morgan fingerprint density at radius 2 is 2.19 bits per heavy atom. The van der Waals surface area contributed by atoms with Gasteiger partial charge in [-0.1, -0.05) is 13.3 Å². The monoisotopic (exact) mass is 221 g/mol. The highest BCUT2D eigenvalue weighted by atomic mass is 16.5. The first kappa shape index (κ1) is 11.5. The Morgan fingerprint density at radius 3 is 2.94 bits per heavy atom. The maximum Gasteiger partial charge on any atom is 0.142 e. The highest BCUT2D eigenvalue weighted by molar-refractivity contribution is 5.02. The van der Waals surface area contributed by atoms with E-state index in [1.165, 1.54) is 0 Å². The summed E-state index contributed by atoms with van der Waals surface area (Å²) < 4.78 is 5.32. The fourth-order valence-electron chi connectivity index (χ4n) is 1.87. The molecule has 0 spiro atoms. The zero-order valence-corrected chi connectivity index (χ0v) is 9.85. The first-order valence-corrected chi connectivity index (χ1v) is 5.99. The molecule has 1 fully saturated rings. The van der Waals surface area contributed by atoms with E-state index in [9.17, 15) is 0 Å². The topological polar surface area (TPSA) is 38.2 Å². The van der Waals surface area contributed by atoms with E-state index in [0.29, 0.717) is 0 Å². The number of nitrogens with zero attached hydrogens (tertiary/aromatic N) is 3. The second-order valence-corrected chi connectivity index (χ2v) is 4.10. The molecule has 0 N–H and O–H groups in total. The van der Waals surface area contributed by atoms with E-state index in [-0.39, 0.29) is 0 Å². The van der Waals surface area contributed by atoms with Crippen LogP contribution in [0.3, 0.4) is 0 Å². The van der Waals surface area contributed by atoms with E-state index >= 15 is 0 Å². The predicted octanol–water partition coefficient (Wildman–Crippen LogP) is 1.26. The molecule has 0 unspecified atom stereocenters. The van der Waals surface area contributed by atoms with Gasteiger partial charge in [0.25, 0.3) is 0 Å². The molecular formula is C12H19N3O. The van der Waals surface area contributed by atoms with Gasteiger partial charge in [-0.3, -0.25) is 4.90 Å². The third-order valence-electron chi connectivity index (χ3n) is 2.74. The quantitative estimate of drug-likeness (QED) is 0.767. The number of aromatic nitrogens is 2. The summed E-state index contributed by atoms with van der Waals surface area (Å²) in [6.07, 6.45) is 4.04. The number of morpholine rings is 1. The molecule has 0 atom stereocenters. The Bertz CT molecular complexity index is 324. The molecular weight excluding hydrogens is 202 g/mol. The molecule has 1 aliphatic heterocycles. The molecule has 16 heavy (non-hydrogen) atoms. The Kier molecular flexibility index (Phi) is 4.25. The Labute approximate surface area is 96.7 Å². The molecule has 4 nitrogen and oxygen atoms in total. The van der Waals surface area contributed by atoms with E-state index < -0.39 is 0 Å². The van der Waals surface area contributed by atoms with Crippen LogP contribution in [0.25, 0.3) is 0 Å². The van der Waals surface area contributed by atoms with Crippen molar-refractivity contribution in [1.29, 1.82) is 0 Å². The summed E-state index contributed by atoms with van der Waals surface area (Å²) in [5, 5.41) is 0. The lowest BCUT2D eigenvalue weighted by molar-refractivity contribution is 0.0330. The van der Waals surface area contributed by atoms with E-state index in [1.54, 1.807) is 0 Å². The first-order valence-electron chi connectivity index (χ1n) is 5.99. The van der Waals surface area contributed by atoms with Gasteiger partial charge in [-0.05, 0) is 12.5 Å². The number of ether oxygens (including phenoxy) is 1. The summed E-state index contributed by atoms with van der Waals surface area (Å²) in [7, 11) is 0. The molecule has 4 heteroatoms. The van der Waals surface area contributed by atoms with Gasteiger partial charge in [-0.25, -0.2) is 9.97 Å². The van der Waals surface area contributed by atoms with Crippen LogP contribution in [-0.2, 0) is 17.7 Å². The lowest BCUT2D eigenvalue weighted by Gasteiger charge is -2.25. The second kappa shape index (κ2) is 5.92. The van der Waals surface area contributed by atoms with Crippen molar-refractivity contribution in [2.45, 2.75) is 26.3 Å². The Balaban J connectivity index is 1.94. The van der Waals surface area contributed by atoms with Crippen molar-refractivity contribution >= 4 is 0 Å². The van der Waals surface area contributed by atoms with Crippen molar-refractivity contribution < 1.29 is 4.74 Å². The first-order chi connectivity index (χ1) is 7.88. The summed E-state index contributed by atoms with van der Waals surface area (Å²) in [6, 6.07) is 2.01. The van der Waals surface area contributed by atoms with Gasteiger partial charge in [-0.15, -0.1) is 0 Å². The molecule has 2 heterocycles. The highest BCUT2D eigenvalue weighted by Crippen LogP contribution is 2.04. The molecule has 1 aromatic heterocycles. The van der Waals surface area contributed by atoms with Crippen molar-refractivity contribution in [2.24, 2.45) is 0 Å². The van der Waals surface area contributed by atoms with Crippen LogP contribution in [0.4, 0.5) is 0 Å². The van der Waals surface area contributed by atoms with Gasteiger partial charge in [0.05, 0.1) is 19.8 Å². The molecule has 0 aromatic carbocycles. The molecule has 0 amide bonds. The van der Waals surface area contributed by atoms with Crippen LogP contribution in [0.2, 0.25) is 0 Å². The van der Waals surface area contributed by atoms with Crippen molar-refractivity contribution in [3.8, 4) is 0 Å². The largest absolute Gasteiger partial charge is 0.379 e. The van der Waals surface area contributed by atoms with Gasteiger partial charge in [-0.2, -0.15) is 0 Å². The van der Waals surface area contributed by atoms with E-state index in [4.69, 9.17) is 4.74 Å². The molecule has 1 saturated heterocycles. The maximum absolute atomic E-state index is 5.32. The summed E-state index contributed by atoms with van der Waals surface area (Å²) >= 11 is 0. The van der Waals surface area contributed by atoms with Crippen LogP contribution in [0.15, 0.2) is 12.3 Å². The smallest absolute Gasteiger partial charge is 0.142 e. The van der Waals surface area contributed by atoms with Crippen LogP contribution in [0, 0.1) is 0 Å². The molecule has 1 aromatic rings. The van der Waals surface area contributed by atoms with Crippen LogP contribution < -0.4 is 0 Å². The minimum absolute atomic E-state index is 0.828.